The van der Waals surface area contributed by atoms with Crippen LogP contribution in [0, 0.1) is 10.1 Å². The maximum absolute atomic E-state index is 12.0. The van der Waals surface area contributed by atoms with Crippen molar-refractivity contribution in [2.45, 2.75) is 46.0 Å². The van der Waals surface area contributed by atoms with Gasteiger partial charge in [0.25, 0.3) is 5.69 Å². The van der Waals surface area contributed by atoms with E-state index in [4.69, 9.17) is 4.52 Å². The maximum Gasteiger partial charge on any atom is 0.376 e. The first kappa shape index (κ1) is 17.7. The van der Waals surface area contributed by atoms with Gasteiger partial charge in [-0.15, -0.1) is 0 Å². The van der Waals surface area contributed by atoms with Gasteiger partial charge in [0.2, 0.25) is 0 Å². The van der Waals surface area contributed by atoms with Crippen molar-refractivity contribution in [3.8, 4) is 5.75 Å². The lowest BCUT2D eigenvalue weighted by atomic mass is 10.1. The Morgan fingerprint density at radius 2 is 1.95 bits per heavy atom. The average molecular weight is 315 g/mol. The molecule has 0 saturated heterocycles. The molecule has 0 radical (unpaired) electrons. The number of nitro groups is 1. The van der Waals surface area contributed by atoms with E-state index < -0.39 is 12.5 Å². The van der Waals surface area contributed by atoms with E-state index in [-0.39, 0.29) is 17.6 Å². The number of unbranched alkanes of at least 4 members (excludes halogenated alkanes) is 2. The zero-order valence-corrected chi connectivity index (χ0v) is 13.3. The van der Waals surface area contributed by atoms with E-state index in [1.54, 1.807) is 0 Å². The van der Waals surface area contributed by atoms with Crippen LogP contribution < -0.4 is 4.52 Å². The molecule has 21 heavy (non-hydrogen) atoms. The highest BCUT2D eigenvalue weighted by Gasteiger charge is 2.25. The Hall–Kier alpha value is -1.39. The molecule has 6 nitrogen and oxygen atoms in total. The SMILES string of the molecule is CCCCc1c(OP(=O)(O)CCCC)cccc1[N+](=O)[O-]. The van der Waals surface area contributed by atoms with E-state index in [1.165, 1.54) is 18.2 Å². The van der Waals surface area contributed by atoms with Crippen molar-refractivity contribution in [2.24, 2.45) is 0 Å². The predicted molar refractivity (Wildman–Crippen MR) is 81.9 cm³/mol. The second-order valence-corrected chi connectivity index (χ2v) is 6.83. The van der Waals surface area contributed by atoms with Gasteiger partial charge in [-0.3, -0.25) is 10.1 Å². The minimum atomic E-state index is -3.76. The number of nitro benzene ring substituents is 1. The molecule has 0 bridgehead atoms. The number of hydrogen-bond acceptors (Lipinski definition) is 4. The quantitative estimate of drug-likeness (QED) is 0.417. The first-order chi connectivity index (χ1) is 9.91. The molecular formula is C14H22NO5P. The molecule has 0 aliphatic heterocycles. The fraction of sp³-hybridized carbons (Fsp3) is 0.571. The summed E-state index contributed by atoms with van der Waals surface area (Å²) >= 11 is 0. The minimum Gasteiger partial charge on any atom is -0.424 e. The number of rotatable bonds is 9. The van der Waals surface area contributed by atoms with Gasteiger partial charge in [-0.1, -0.05) is 32.8 Å². The molecule has 118 valence electrons. The first-order valence-corrected chi connectivity index (χ1v) is 8.95. The van der Waals surface area contributed by atoms with Crippen molar-refractivity contribution < 1.29 is 18.9 Å². The topological polar surface area (TPSA) is 89.7 Å². The fourth-order valence-electron chi connectivity index (χ4n) is 1.97. The molecule has 0 saturated carbocycles. The lowest BCUT2D eigenvalue weighted by molar-refractivity contribution is -0.385. The standard InChI is InChI=1S/C14H22NO5P/c1-3-5-8-12-13(15(16)17)9-7-10-14(12)20-21(18,19)11-6-4-2/h7,9-10H,3-6,8,11H2,1-2H3,(H,18,19). The Bertz CT molecular complexity index is 532. The van der Waals surface area contributed by atoms with Gasteiger partial charge in [-0.25, -0.2) is 4.57 Å². The van der Waals surface area contributed by atoms with Crippen LogP contribution >= 0.6 is 7.60 Å². The van der Waals surface area contributed by atoms with E-state index in [2.05, 4.69) is 0 Å². The maximum atomic E-state index is 12.0. The van der Waals surface area contributed by atoms with E-state index in [9.17, 15) is 19.6 Å². The van der Waals surface area contributed by atoms with Crippen molar-refractivity contribution in [1.82, 2.24) is 0 Å². The Labute approximate surface area is 124 Å². The molecule has 0 aliphatic rings. The van der Waals surface area contributed by atoms with Gasteiger partial charge >= 0.3 is 7.60 Å². The summed E-state index contributed by atoms with van der Waals surface area (Å²) in [6, 6.07) is 4.39. The van der Waals surface area contributed by atoms with Crippen molar-refractivity contribution in [2.75, 3.05) is 6.16 Å². The molecule has 1 N–H and O–H groups in total. The fourth-order valence-corrected chi connectivity index (χ4v) is 3.26. The smallest absolute Gasteiger partial charge is 0.376 e. The van der Waals surface area contributed by atoms with Gasteiger partial charge in [0.1, 0.15) is 5.75 Å². The first-order valence-electron chi connectivity index (χ1n) is 7.19. The zero-order valence-electron chi connectivity index (χ0n) is 12.4. The van der Waals surface area contributed by atoms with Crippen LogP contribution in [0.15, 0.2) is 18.2 Å². The Kier molecular flexibility index (Phi) is 6.85. The summed E-state index contributed by atoms with van der Waals surface area (Å²) in [5, 5.41) is 11.1. The van der Waals surface area contributed by atoms with Crippen molar-refractivity contribution >= 4 is 13.3 Å². The van der Waals surface area contributed by atoms with Crippen molar-refractivity contribution in [3.05, 3.63) is 33.9 Å². The molecule has 0 aromatic heterocycles. The van der Waals surface area contributed by atoms with Gasteiger partial charge in [-0.2, -0.15) is 0 Å². The van der Waals surface area contributed by atoms with Crippen molar-refractivity contribution in [3.63, 3.8) is 0 Å². The Balaban J connectivity index is 3.07. The minimum absolute atomic E-state index is 0.0550. The summed E-state index contributed by atoms with van der Waals surface area (Å²) in [7, 11) is -3.76. The third-order valence-corrected chi connectivity index (χ3v) is 4.48. The van der Waals surface area contributed by atoms with Crippen LogP contribution in [0.5, 0.6) is 5.75 Å². The normalized spacial score (nSPS) is 13.7. The molecule has 7 heteroatoms. The molecule has 0 spiro atoms. The molecule has 0 fully saturated rings. The zero-order chi connectivity index (χ0) is 15.9. The van der Waals surface area contributed by atoms with Crippen LogP contribution in [-0.4, -0.2) is 16.0 Å². The highest BCUT2D eigenvalue weighted by atomic mass is 31.2. The lowest BCUT2D eigenvalue weighted by Crippen LogP contribution is -2.03. The molecule has 1 aromatic carbocycles. The summed E-state index contributed by atoms with van der Waals surface area (Å²) in [6.07, 6.45) is 3.50. The Morgan fingerprint density at radius 3 is 2.52 bits per heavy atom. The van der Waals surface area contributed by atoms with Gasteiger partial charge in [0.15, 0.2) is 0 Å². The van der Waals surface area contributed by atoms with Crippen LogP contribution in [0.1, 0.15) is 45.1 Å². The molecule has 1 rings (SSSR count). The summed E-state index contributed by atoms with van der Waals surface area (Å²) in [4.78, 5) is 20.5. The molecule has 0 heterocycles. The van der Waals surface area contributed by atoms with E-state index >= 15 is 0 Å². The molecule has 1 atom stereocenters. The highest BCUT2D eigenvalue weighted by molar-refractivity contribution is 7.53. The van der Waals surface area contributed by atoms with Crippen molar-refractivity contribution in [1.29, 1.82) is 0 Å². The summed E-state index contributed by atoms with van der Waals surface area (Å²) in [5.74, 6) is 0.152. The van der Waals surface area contributed by atoms with Crippen LogP contribution in [-0.2, 0) is 11.0 Å². The van der Waals surface area contributed by atoms with Crippen LogP contribution in [0.25, 0.3) is 0 Å². The highest BCUT2D eigenvalue weighted by Crippen LogP contribution is 2.46. The second kappa shape index (κ2) is 8.15. The third-order valence-electron chi connectivity index (χ3n) is 3.12. The molecule has 0 aliphatic carbocycles. The largest absolute Gasteiger partial charge is 0.424 e. The Morgan fingerprint density at radius 1 is 1.29 bits per heavy atom. The summed E-state index contributed by atoms with van der Waals surface area (Å²) in [5.41, 5.74) is 0.339. The molecule has 1 unspecified atom stereocenters. The van der Waals surface area contributed by atoms with Crippen LogP contribution in [0.4, 0.5) is 5.69 Å². The number of benzene rings is 1. The summed E-state index contributed by atoms with van der Waals surface area (Å²) in [6.45, 7) is 3.90. The predicted octanol–water partition coefficient (Wildman–Crippen LogP) is 4.30. The summed E-state index contributed by atoms with van der Waals surface area (Å²) < 4.78 is 17.2. The van der Waals surface area contributed by atoms with Crippen LogP contribution in [0.2, 0.25) is 0 Å². The van der Waals surface area contributed by atoms with Gasteiger partial charge in [0.05, 0.1) is 16.6 Å². The van der Waals surface area contributed by atoms with Gasteiger partial charge in [-0.05, 0) is 25.3 Å². The molecule has 1 aromatic rings. The van der Waals surface area contributed by atoms with Gasteiger partial charge < -0.3 is 9.42 Å². The lowest BCUT2D eigenvalue weighted by Gasteiger charge is -2.16. The number of nitrogens with zero attached hydrogens (tertiary/aromatic N) is 1. The van der Waals surface area contributed by atoms with E-state index in [0.717, 1.165) is 19.3 Å². The number of hydrogen-bond donors (Lipinski definition) is 1. The van der Waals surface area contributed by atoms with E-state index in [0.29, 0.717) is 18.4 Å². The molecule has 0 amide bonds. The van der Waals surface area contributed by atoms with Crippen LogP contribution in [0.3, 0.4) is 0 Å². The second-order valence-electron chi connectivity index (χ2n) is 4.92. The third kappa shape index (κ3) is 5.48. The van der Waals surface area contributed by atoms with Gasteiger partial charge in [0, 0.05) is 6.07 Å². The monoisotopic (exact) mass is 315 g/mol. The average Bonchev–Trinajstić information content (AvgIpc) is 2.43. The van der Waals surface area contributed by atoms with E-state index in [1.807, 2.05) is 13.8 Å². The molecular weight excluding hydrogens is 293 g/mol.